The summed E-state index contributed by atoms with van der Waals surface area (Å²) in [6.07, 6.45) is -4.34. The Bertz CT molecular complexity index is 679. The van der Waals surface area contributed by atoms with Crippen molar-refractivity contribution in [3.63, 3.8) is 0 Å². The fraction of sp³-hybridized carbons (Fsp3) is 0.0667. The van der Waals surface area contributed by atoms with Gasteiger partial charge >= 0.3 is 6.18 Å². The van der Waals surface area contributed by atoms with Crippen molar-refractivity contribution in [3.8, 4) is 11.8 Å². The van der Waals surface area contributed by atoms with Crippen LogP contribution in [0.1, 0.15) is 16.7 Å². The van der Waals surface area contributed by atoms with Gasteiger partial charge in [-0.25, -0.2) is 0 Å². The van der Waals surface area contributed by atoms with E-state index in [1.807, 2.05) is 0 Å². The first-order chi connectivity index (χ1) is 9.36. The standard InChI is InChI=1S/C15H9ClF3N/c16-13-8-5-11(14(20)9-13)4-1-10-2-6-12(7-3-10)15(17,18)19/h2-3,5-9H,20H2. The molecule has 0 spiro atoms. The van der Waals surface area contributed by atoms with Gasteiger partial charge in [-0.2, -0.15) is 13.2 Å². The summed E-state index contributed by atoms with van der Waals surface area (Å²) in [6, 6.07) is 9.51. The Morgan fingerprint density at radius 3 is 2.15 bits per heavy atom. The lowest BCUT2D eigenvalue weighted by Gasteiger charge is -2.05. The molecule has 1 nitrogen and oxygen atoms in total. The molecule has 0 aliphatic carbocycles. The molecule has 2 aromatic rings. The summed E-state index contributed by atoms with van der Waals surface area (Å²) in [7, 11) is 0. The highest BCUT2D eigenvalue weighted by Crippen LogP contribution is 2.29. The Balaban J connectivity index is 2.25. The van der Waals surface area contributed by atoms with Gasteiger partial charge in [0.05, 0.1) is 5.56 Å². The molecule has 0 aliphatic heterocycles. The Labute approximate surface area is 119 Å². The van der Waals surface area contributed by atoms with E-state index in [0.29, 0.717) is 21.8 Å². The van der Waals surface area contributed by atoms with Crippen molar-refractivity contribution in [2.45, 2.75) is 6.18 Å². The summed E-state index contributed by atoms with van der Waals surface area (Å²) >= 11 is 5.76. The predicted molar refractivity (Wildman–Crippen MR) is 73.3 cm³/mol. The van der Waals surface area contributed by atoms with Crippen molar-refractivity contribution in [3.05, 3.63) is 64.2 Å². The van der Waals surface area contributed by atoms with Crippen LogP contribution in [0.2, 0.25) is 5.02 Å². The number of nitrogens with two attached hydrogens (primary N) is 1. The molecule has 2 N–H and O–H groups in total. The van der Waals surface area contributed by atoms with Crippen LogP contribution in [-0.4, -0.2) is 0 Å². The number of halogens is 4. The topological polar surface area (TPSA) is 26.0 Å². The van der Waals surface area contributed by atoms with Crippen LogP contribution >= 0.6 is 11.6 Å². The Morgan fingerprint density at radius 2 is 1.60 bits per heavy atom. The molecule has 102 valence electrons. The monoisotopic (exact) mass is 295 g/mol. The quantitative estimate of drug-likeness (QED) is 0.568. The minimum Gasteiger partial charge on any atom is -0.398 e. The molecule has 5 heteroatoms. The number of anilines is 1. The minimum absolute atomic E-state index is 0.428. The molecule has 0 saturated carbocycles. The van der Waals surface area contributed by atoms with Gasteiger partial charge in [0.1, 0.15) is 0 Å². The van der Waals surface area contributed by atoms with Crippen molar-refractivity contribution in [2.75, 3.05) is 5.73 Å². The lowest BCUT2D eigenvalue weighted by molar-refractivity contribution is -0.137. The summed E-state index contributed by atoms with van der Waals surface area (Å²) in [5, 5.41) is 0.502. The number of rotatable bonds is 0. The fourth-order valence-electron chi connectivity index (χ4n) is 1.53. The maximum atomic E-state index is 12.4. The van der Waals surface area contributed by atoms with Crippen molar-refractivity contribution in [1.29, 1.82) is 0 Å². The molecule has 0 aromatic heterocycles. The third kappa shape index (κ3) is 3.46. The number of hydrogen-bond acceptors (Lipinski definition) is 1. The maximum absolute atomic E-state index is 12.4. The van der Waals surface area contributed by atoms with Gasteiger partial charge in [-0.15, -0.1) is 0 Å². The van der Waals surface area contributed by atoms with E-state index in [-0.39, 0.29) is 0 Å². The molecule has 0 radical (unpaired) electrons. The number of alkyl halides is 3. The third-order valence-corrected chi connectivity index (χ3v) is 2.80. The molecular weight excluding hydrogens is 287 g/mol. The zero-order chi connectivity index (χ0) is 14.8. The SMILES string of the molecule is Nc1cc(Cl)ccc1C#Cc1ccc(C(F)(F)F)cc1. The summed E-state index contributed by atoms with van der Waals surface area (Å²) in [6.45, 7) is 0. The van der Waals surface area contributed by atoms with Crippen molar-refractivity contribution < 1.29 is 13.2 Å². The van der Waals surface area contributed by atoms with Gasteiger partial charge in [-0.05, 0) is 42.5 Å². The molecule has 0 saturated heterocycles. The van der Waals surface area contributed by atoms with Gasteiger partial charge in [0.15, 0.2) is 0 Å². The predicted octanol–water partition coefficient (Wildman–Crippen LogP) is 4.34. The molecule has 0 fully saturated rings. The van der Waals surface area contributed by atoms with Crippen LogP contribution in [0.3, 0.4) is 0 Å². The summed E-state index contributed by atoms with van der Waals surface area (Å²) in [4.78, 5) is 0. The first-order valence-corrected chi connectivity index (χ1v) is 5.98. The zero-order valence-corrected chi connectivity index (χ0v) is 10.9. The molecule has 2 aromatic carbocycles. The molecule has 0 bridgehead atoms. The lowest BCUT2D eigenvalue weighted by atomic mass is 10.1. The number of hydrogen-bond donors (Lipinski definition) is 1. The Kier molecular flexibility index (Phi) is 3.91. The van der Waals surface area contributed by atoms with E-state index < -0.39 is 11.7 Å². The third-order valence-electron chi connectivity index (χ3n) is 2.57. The molecule has 0 atom stereocenters. The first kappa shape index (κ1) is 14.3. The highest BCUT2D eigenvalue weighted by molar-refractivity contribution is 6.30. The second kappa shape index (κ2) is 5.48. The Hall–Kier alpha value is -2.12. The Morgan fingerprint density at radius 1 is 0.950 bits per heavy atom. The first-order valence-electron chi connectivity index (χ1n) is 5.60. The van der Waals surface area contributed by atoms with Gasteiger partial charge < -0.3 is 5.73 Å². The summed E-state index contributed by atoms with van der Waals surface area (Å²) < 4.78 is 37.2. The van der Waals surface area contributed by atoms with Gasteiger partial charge in [0.25, 0.3) is 0 Å². The number of benzene rings is 2. The van der Waals surface area contributed by atoms with E-state index in [9.17, 15) is 13.2 Å². The van der Waals surface area contributed by atoms with Crippen molar-refractivity contribution in [2.24, 2.45) is 0 Å². The van der Waals surface area contributed by atoms with Gasteiger partial charge in [0.2, 0.25) is 0 Å². The van der Waals surface area contributed by atoms with E-state index in [1.54, 1.807) is 18.2 Å². The van der Waals surface area contributed by atoms with Crippen molar-refractivity contribution in [1.82, 2.24) is 0 Å². The molecule has 0 heterocycles. The van der Waals surface area contributed by atoms with Crippen LogP contribution in [0.25, 0.3) is 0 Å². The van der Waals surface area contributed by atoms with E-state index in [0.717, 1.165) is 12.1 Å². The normalized spacial score (nSPS) is 10.8. The smallest absolute Gasteiger partial charge is 0.398 e. The largest absolute Gasteiger partial charge is 0.416 e. The summed E-state index contributed by atoms with van der Waals surface area (Å²) in [5.41, 5.74) is 6.52. The van der Waals surface area contributed by atoms with E-state index >= 15 is 0 Å². The van der Waals surface area contributed by atoms with Crippen molar-refractivity contribution >= 4 is 17.3 Å². The van der Waals surface area contributed by atoms with Gasteiger partial charge in [0, 0.05) is 21.8 Å². The molecular formula is C15H9ClF3N. The fourth-order valence-corrected chi connectivity index (χ4v) is 1.71. The minimum atomic E-state index is -4.34. The average molecular weight is 296 g/mol. The number of nitrogen functional groups attached to an aromatic ring is 1. The van der Waals surface area contributed by atoms with Crippen LogP contribution in [-0.2, 0) is 6.18 Å². The van der Waals surface area contributed by atoms with Crippen LogP contribution in [0, 0.1) is 11.8 Å². The molecule has 0 unspecified atom stereocenters. The highest BCUT2D eigenvalue weighted by Gasteiger charge is 2.29. The van der Waals surface area contributed by atoms with E-state index in [2.05, 4.69) is 11.8 Å². The molecule has 0 aliphatic rings. The van der Waals surface area contributed by atoms with Crippen LogP contribution in [0.4, 0.5) is 18.9 Å². The zero-order valence-electron chi connectivity index (χ0n) is 10.1. The van der Waals surface area contributed by atoms with Crippen LogP contribution in [0.5, 0.6) is 0 Å². The molecule has 20 heavy (non-hydrogen) atoms. The lowest BCUT2D eigenvalue weighted by Crippen LogP contribution is -2.04. The van der Waals surface area contributed by atoms with E-state index in [4.69, 9.17) is 17.3 Å². The van der Waals surface area contributed by atoms with Crippen LogP contribution < -0.4 is 5.73 Å². The average Bonchev–Trinajstić information content (AvgIpc) is 2.37. The van der Waals surface area contributed by atoms with Gasteiger partial charge in [-0.1, -0.05) is 23.4 Å². The molecule has 0 amide bonds. The highest BCUT2D eigenvalue weighted by atomic mass is 35.5. The second-order valence-corrected chi connectivity index (χ2v) is 4.49. The maximum Gasteiger partial charge on any atom is 0.416 e. The van der Waals surface area contributed by atoms with E-state index in [1.165, 1.54) is 12.1 Å². The molecule has 2 rings (SSSR count). The van der Waals surface area contributed by atoms with Gasteiger partial charge in [-0.3, -0.25) is 0 Å². The summed E-state index contributed by atoms with van der Waals surface area (Å²) in [5.74, 6) is 5.56. The van der Waals surface area contributed by atoms with Crippen LogP contribution in [0.15, 0.2) is 42.5 Å². The second-order valence-electron chi connectivity index (χ2n) is 4.06.